The van der Waals surface area contributed by atoms with Crippen LogP contribution in [0.1, 0.15) is 5.56 Å². The molecule has 1 aromatic carbocycles. The third kappa shape index (κ3) is 1.04. The number of aromatic nitrogens is 1. The summed E-state index contributed by atoms with van der Waals surface area (Å²) < 4.78 is 3.48. The number of fused-ring (bicyclic) bond motifs is 3. The normalized spacial score (nSPS) is 12.4. The van der Waals surface area contributed by atoms with Crippen LogP contribution >= 0.6 is 15.9 Å². The molecular formula is C12H9BrN+. The van der Waals surface area contributed by atoms with Crippen LogP contribution in [0.2, 0.25) is 0 Å². The summed E-state index contributed by atoms with van der Waals surface area (Å²) in [6, 6.07) is 12.7. The summed E-state index contributed by atoms with van der Waals surface area (Å²) in [6.07, 6.45) is 2.13. The predicted octanol–water partition coefficient (Wildman–Crippen LogP) is 2.77. The van der Waals surface area contributed by atoms with Gasteiger partial charge < -0.3 is 0 Å². The molecule has 2 heteroatoms. The van der Waals surface area contributed by atoms with Crippen LogP contribution in [0.5, 0.6) is 0 Å². The van der Waals surface area contributed by atoms with Gasteiger partial charge in [-0.2, -0.15) is 4.57 Å². The highest BCUT2D eigenvalue weighted by atomic mass is 79.9. The second kappa shape index (κ2) is 2.92. The molecule has 0 saturated carbocycles. The van der Waals surface area contributed by atoms with E-state index in [-0.39, 0.29) is 0 Å². The largest absolute Gasteiger partial charge is 0.213 e. The lowest BCUT2D eigenvalue weighted by atomic mass is 10.1. The lowest BCUT2D eigenvalue weighted by molar-refractivity contribution is -0.672. The van der Waals surface area contributed by atoms with E-state index in [4.69, 9.17) is 0 Å². The van der Waals surface area contributed by atoms with Crippen LogP contribution in [0.15, 0.2) is 47.1 Å². The number of halogens is 1. The molecule has 0 radical (unpaired) electrons. The molecular weight excluding hydrogens is 238 g/mol. The Morgan fingerprint density at radius 1 is 1.07 bits per heavy atom. The molecule has 1 aliphatic rings. The lowest BCUT2D eigenvalue weighted by Gasteiger charge is -1.95. The number of benzene rings is 1. The summed E-state index contributed by atoms with van der Waals surface area (Å²) in [5, 5.41) is 0. The van der Waals surface area contributed by atoms with Crippen molar-refractivity contribution in [2.75, 3.05) is 0 Å². The van der Waals surface area contributed by atoms with E-state index in [1.165, 1.54) is 21.3 Å². The first-order valence-corrected chi connectivity index (χ1v) is 5.42. The van der Waals surface area contributed by atoms with Crippen LogP contribution in [-0.2, 0) is 6.54 Å². The molecule has 0 aliphatic carbocycles. The molecule has 2 aromatic rings. The first kappa shape index (κ1) is 8.18. The average molecular weight is 247 g/mol. The zero-order valence-corrected chi connectivity index (χ0v) is 9.16. The number of hydrogen-bond acceptors (Lipinski definition) is 0. The fraction of sp³-hybridized carbons (Fsp3) is 0.0833. The Morgan fingerprint density at radius 3 is 2.93 bits per heavy atom. The monoisotopic (exact) mass is 246 g/mol. The van der Waals surface area contributed by atoms with Crippen LogP contribution in [-0.4, -0.2) is 0 Å². The SMILES string of the molecule is Brc1cccc2c1C[n+]1ccccc1-2. The Hall–Kier alpha value is -1.15. The van der Waals surface area contributed by atoms with Crippen molar-refractivity contribution in [1.29, 1.82) is 0 Å². The first-order chi connectivity index (χ1) is 6.86. The summed E-state index contributed by atoms with van der Waals surface area (Å²) in [7, 11) is 0. The maximum absolute atomic E-state index is 3.59. The van der Waals surface area contributed by atoms with Crippen molar-refractivity contribution in [3.05, 3.63) is 52.6 Å². The van der Waals surface area contributed by atoms with Gasteiger partial charge in [0.25, 0.3) is 0 Å². The fourth-order valence-electron chi connectivity index (χ4n) is 1.99. The van der Waals surface area contributed by atoms with Gasteiger partial charge in [0.15, 0.2) is 12.7 Å². The minimum Gasteiger partial charge on any atom is -0.194 e. The van der Waals surface area contributed by atoms with E-state index in [2.05, 4.69) is 63.1 Å². The van der Waals surface area contributed by atoms with Gasteiger partial charge in [-0.25, -0.2) is 0 Å². The fourth-order valence-corrected chi connectivity index (χ4v) is 2.48. The van der Waals surface area contributed by atoms with Crippen molar-refractivity contribution in [1.82, 2.24) is 0 Å². The van der Waals surface area contributed by atoms with Crippen molar-refractivity contribution in [3.8, 4) is 11.3 Å². The molecule has 2 heterocycles. The number of hydrogen-bond donors (Lipinski definition) is 0. The minimum absolute atomic E-state index is 0.979. The van der Waals surface area contributed by atoms with E-state index in [9.17, 15) is 0 Å². The molecule has 0 unspecified atom stereocenters. The molecule has 0 saturated heterocycles. The Balaban J connectivity index is 2.33. The predicted molar refractivity (Wildman–Crippen MR) is 58.9 cm³/mol. The van der Waals surface area contributed by atoms with Gasteiger partial charge in [0.1, 0.15) is 0 Å². The third-order valence-electron chi connectivity index (χ3n) is 2.66. The molecule has 1 nitrogen and oxygen atoms in total. The topological polar surface area (TPSA) is 3.88 Å². The van der Waals surface area contributed by atoms with E-state index in [0.717, 1.165) is 6.54 Å². The highest BCUT2D eigenvalue weighted by Gasteiger charge is 2.26. The molecule has 0 N–H and O–H groups in total. The van der Waals surface area contributed by atoms with Crippen molar-refractivity contribution in [2.24, 2.45) is 0 Å². The van der Waals surface area contributed by atoms with Crippen molar-refractivity contribution in [2.45, 2.75) is 6.54 Å². The zero-order valence-electron chi connectivity index (χ0n) is 7.57. The third-order valence-corrected chi connectivity index (χ3v) is 3.41. The van der Waals surface area contributed by atoms with Gasteiger partial charge in [0.2, 0.25) is 5.69 Å². The number of rotatable bonds is 0. The van der Waals surface area contributed by atoms with Gasteiger partial charge in [-0.15, -0.1) is 0 Å². The molecule has 1 aliphatic heterocycles. The number of nitrogens with zero attached hydrogens (tertiary/aromatic N) is 1. The molecule has 0 amide bonds. The molecule has 14 heavy (non-hydrogen) atoms. The first-order valence-electron chi connectivity index (χ1n) is 4.62. The molecule has 1 aromatic heterocycles. The highest BCUT2D eigenvalue weighted by Crippen LogP contribution is 2.31. The van der Waals surface area contributed by atoms with Gasteiger partial charge in [-0.05, 0) is 18.2 Å². The van der Waals surface area contributed by atoms with Crippen LogP contribution in [0, 0.1) is 0 Å². The summed E-state index contributed by atoms with van der Waals surface area (Å²) in [5.41, 5.74) is 4.04. The molecule has 0 atom stereocenters. The van der Waals surface area contributed by atoms with Crippen molar-refractivity contribution < 1.29 is 4.57 Å². The smallest absolute Gasteiger partial charge is 0.194 e. The minimum atomic E-state index is 0.979. The van der Waals surface area contributed by atoms with Gasteiger partial charge in [-0.1, -0.05) is 22.0 Å². The Bertz CT molecular complexity index is 505. The number of pyridine rings is 1. The summed E-state index contributed by atoms with van der Waals surface area (Å²) in [6.45, 7) is 0.979. The van der Waals surface area contributed by atoms with E-state index in [1.54, 1.807) is 0 Å². The highest BCUT2D eigenvalue weighted by molar-refractivity contribution is 9.10. The van der Waals surface area contributed by atoms with Crippen LogP contribution in [0.4, 0.5) is 0 Å². The van der Waals surface area contributed by atoms with Crippen molar-refractivity contribution in [3.63, 3.8) is 0 Å². The standard InChI is InChI=1S/C12H9BrN/c13-11-5-3-4-9-10(11)8-14-7-2-1-6-12(9)14/h1-7H,8H2/q+1. The average Bonchev–Trinajstić information content (AvgIpc) is 2.59. The molecule has 0 bridgehead atoms. The zero-order chi connectivity index (χ0) is 9.54. The van der Waals surface area contributed by atoms with Gasteiger partial charge in [0.05, 0.1) is 5.56 Å². The maximum Gasteiger partial charge on any atom is 0.213 e. The molecule has 68 valence electrons. The van der Waals surface area contributed by atoms with E-state index < -0.39 is 0 Å². The van der Waals surface area contributed by atoms with Crippen molar-refractivity contribution >= 4 is 15.9 Å². The van der Waals surface area contributed by atoms with Crippen LogP contribution in [0.3, 0.4) is 0 Å². The summed E-state index contributed by atoms with van der Waals surface area (Å²) >= 11 is 3.59. The van der Waals surface area contributed by atoms with E-state index >= 15 is 0 Å². The Kier molecular flexibility index (Phi) is 1.71. The molecule has 3 rings (SSSR count). The lowest BCUT2D eigenvalue weighted by Crippen LogP contribution is -2.31. The molecule has 0 spiro atoms. The Morgan fingerprint density at radius 2 is 2.00 bits per heavy atom. The van der Waals surface area contributed by atoms with E-state index in [0.29, 0.717) is 0 Å². The summed E-state index contributed by atoms with van der Waals surface area (Å²) in [5.74, 6) is 0. The quantitative estimate of drug-likeness (QED) is 0.538. The van der Waals surface area contributed by atoms with E-state index in [1.807, 2.05) is 0 Å². The van der Waals surface area contributed by atoms with Gasteiger partial charge in [-0.3, -0.25) is 0 Å². The van der Waals surface area contributed by atoms with Crippen LogP contribution < -0.4 is 4.57 Å². The Labute approximate surface area is 91.1 Å². The second-order valence-electron chi connectivity index (χ2n) is 3.48. The second-order valence-corrected chi connectivity index (χ2v) is 4.33. The summed E-state index contributed by atoms with van der Waals surface area (Å²) in [4.78, 5) is 0. The molecule has 0 fully saturated rings. The van der Waals surface area contributed by atoms with Gasteiger partial charge >= 0.3 is 0 Å². The van der Waals surface area contributed by atoms with Gasteiger partial charge in [0, 0.05) is 22.2 Å². The maximum atomic E-state index is 3.59. The van der Waals surface area contributed by atoms with Crippen LogP contribution in [0.25, 0.3) is 11.3 Å².